The van der Waals surface area contributed by atoms with Crippen LogP contribution in [0.3, 0.4) is 0 Å². The number of phenols is 1. The monoisotopic (exact) mass is 224 g/mol. The highest BCUT2D eigenvalue weighted by atomic mass is 16.5. The lowest BCUT2D eigenvalue weighted by molar-refractivity contribution is 0.339. The Morgan fingerprint density at radius 2 is 1.50 bits per heavy atom. The van der Waals surface area contributed by atoms with Crippen molar-refractivity contribution in [3.8, 4) is 17.2 Å². The van der Waals surface area contributed by atoms with E-state index < -0.39 is 0 Å². The molecule has 90 valence electrons. The van der Waals surface area contributed by atoms with Crippen LogP contribution >= 0.6 is 0 Å². The fourth-order valence-corrected chi connectivity index (χ4v) is 1.57. The second-order valence-corrected chi connectivity index (χ2v) is 3.55. The van der Waals surface area contributed by atoms with Gasteiger partial charge in [0.25, 0.3) is 0 Å². The van der Waals surface area contributed by atoms with Crippen molar-refractivity contribution in [2.24, 2.45) is 0 Å². The number of benzene rings is 1. The molecular weight excluding hydrogens is 204 g/mol. The molecule has 0 saturated heterocycles. The number of methoxy groups -OCH3 is 2. The zero-order chi connectivity index (χ0) is 12.1. The molecule has 0 aromatic heterocycles. The average Bonchev–Trinajstić information content (AvgIpc) is 3.16. The smallest absolute Gasteiger partial charge is 0.200 e. The topological polar surface area (TPSA) is 38.7 Å². The third kappa shape index (κ3) is 2.60. The van der Waals surface area contributed by atoms with Crippen molar-refractivity contribution in [1.82, 2.24) is 0 Å². The zero-order valence-corrected chi connectivity index (χ0v) is 10.4. The van der Waals surface area contributed by atoms with Gasteiger partial charge in [-0.2, -0.15) is 0 Å². The van der Waals surface area contributed by atoms with E-state index in [-0.39, 0.29) is 5.75 Å². The van der Waals surface area contributed by atoms with Gasteiger partial charge in [-0.3, -0.25) is 0 Å². The highest BCUT2D eigenvalue weighted by Gasteiger charge is 2.26. The molecule has 1 saturated carbocycles. The van der Waals surface area contributed by atoms with Crippen LogP contribution in [0.2, 0.25) is 0 Å². The summed E-state index contributed by atoms with van der Waals surface area (Å²) in [6.07, 6.45) is 2.44. The van der Waals surface area contributed by atoms with Crippen LogP contribution in [0.1, 0.15) is 38.2 Å². The standard InChI is InChI=1S/C11H14O3.C2H6/c1-13-9-5-8(7-3-4-7)6-10(14-2)11(9)12;1-2/h5-7,12H,3-4H2,1-2H3;1-2H3. The molecule has 0 radical (unpaired) electrons. The summed E-state index contributed by atoms with van der Waals surface area (Å²) in [5, 5.41) is 9.67. The maximum Gasteiger partial charge on any atom is 0.200 e. The molecule has 1 aromatic rings. The number of aromatic hydroxyl groups is 1. The normalized spacial score (nSPS) is 13.8. The van der Waals surface area contributed by atoms with Crippen molar-refractivity contribution in [1.29, 1.82) is 0 Å². The van der Waals surface area contributed by atoms with Crippen molar-refractivity contribution in [2.45, 2.75) is 32.6 Å². The van der Waals surface area contributed by atoms with Gasteiger partial charge in [0.2, 0.25) is 5.75 Å². The van der Waals surface area contributed by atoms with Crippen molar-refractivity contribution in [2.75, 3.05) is 14.2 Å². The molecule has 0 heterocycles. The molecule has 16 heavy (non-hydrogen) atoms. The first-order chi connectivity index (χ1) is 7.76. The Labute approximate surface area is 97.0 Å². The van der Waals surface area contributed by atoms with E-state index in [1.54, 1.807) is 14.2 Å². The lowest BCUT2D eigenvalue weighted by atomic mass is 10.1. The van der Waals surface area contributed by atoms with Crippen LogP contribution in [0.15, 0.2) is 12.1 Å². The maximum absolute atomic E-state index is 9.67. The van der Waals surface area contributed by atoms with Gasteiger partial charge in [0.15, 0.2) is 11.5 Å². The van der Waals surface area contributed by atoms with Crippen LogP contribution < -0.4 is 9.47 Å². The van der Waals surface area contributed by atoms with E-state index in [4.69, 9.17) is 9.47 Å². The Balaban J connectivity index is 0.000000606. The summed E-state index contributed by atoms with van der Waals surface area (Å²) in [5.41, 5.74) is 1.19. The SMILES string of the molecule is CC.COc1cc(C2CC2)cc(OC)c1O. The largest absolute Gasteiger partial charge is 0.502 e. The number of hydrogen-bond donors (Lipinski definition) is 1. The number of phenolic OH excluding ortho intramolecular Hbond substituents is 1. The van der Waals surface area contributed by atoms with Gasteiger partial charge in [0.05, 0.1) is 14.2 Å². The molecule has 0 amide bonds. The lowest BCUT2D eigenvalue weighted by Crippen LogP contribution is -1.91. The minimum Gasteiger partial charge on any atom is -0.502 e. The lowest BCUT2D eigenvalue weighted by Gasteiger charge is -2.10. The van der Waals surface area contributed by atoms with Crippen LogP contribution in [-0.4, -0.2) is 19.3 Å². The average molecular weight is 224 g/mol. The van der Waals surface area contributed by atoms with Gasteiger partial charge in [-0.1, -0.05) is 13.8 Å². The third-order valence-corrected chi connectivity index (χ3v) is 2.55. The molecule has 1 N–H and O–H groups in total. The van der Waals surface area contributed by atoms with Gasteiger partial charge in [0.1, 0.15) is 0 Å². The molecule has 1 aromatic carbocycles. The quantitative estimate of drug-likeness (QED) is 0.856. The summed E-state index contributed by atoms with van der Waals surface area (Å²) in [5.74, 6) is 1.69. The molecule has 3 nitrogen and oxygen atoms in total. The second kappa shape index (κ2) is 5.64. The predicted octanol–water partition coefficient (Wildman–Crippen LogP) is 3.31. The van der Waals surface area contributed by atoms with Gasteiger partial charge < -0.3 is 14.6 Å². The number of hydrogen-bond acceptors (Lipinski definition) is 3. The van der Waals surface area contributed by atoms with E-state index in [0.717, 1.165) is 0 Å². The van der Waals surface area contributed by atoms with E-state index >= 15 is 0 Å². The van der Waals surface area contributed by atoms with Crippen molar-refractivity contribution >= 4 is 0 Å². The Hall–Kier alpha value is -1.38. The minimum absolute atomic E-state index is 0.0828. The first-order valence-corrected chi connectivity index (χ1v) is 5.71. The first-order valence-electron chi connectivity index (χ1n) is 5.71. The van der Waals surface area contributed by atoms with Gasteiger partial charge in [-0.25, -0.2) is 0 Å². The summed E-state index contributed by atoms with van der Waals surface area (Å²) in [6, 6.07) is 3.77. The summed E-state index contributed by atoms with van der Waals surface area (Å²) in [7, 11) is 3.09. The Morgan fingerprint density at radius 1 is 1.06 bits per heavy atom. The Morgan fingerprint density at radius 3 is 1.81 bits per heavy atom. The fourth-order valence-electron chi connectivity index (χ4n) is 1.57. The van der Waals surface area contributed by atoms with Gasteiger partial charge in [-0.05, 0) is 36.5 Å². The summed E-state index contributed by atoms with van der Waals surface area (Å²) in [4.78, 5) is 0. The highest BCUT2D eigenvalue weighted by molar-refractivity contribution is 5.54. The van der Waals surface area contributed by atoms with Crippen molar-refractivity contribution < 1.29 is 14.6 Å². The first kappa shape index (κ1) is 12.7. The zero-order valence-electron chi connectivity index (χ0n) is 10.4. The van der Waals surface area contributed by atoms with Gasteiger partial charge in [-0.15, -0.1) is 0 Å². The maximum atomic E-state index is 9.67. The Bertz CT molecular complexity index is 318. The molecular formula is C13H20O3. The number of rotatable bonds is 3. The molecule has 0 unspecified atom stereocenters. The third-order valence-electron chi connectivity index (χ3n) is 2.55. The summed E-state index contributed by atoms with van der Waals surface area (Å²) >= 11 is 0. The molecule has 1 aliphatic carbocycles. The fraction of sp³-hybridized carbons (Fsp3) is 0.538. The molecule has 0 spiro atoms. The van der Waals surface area contributed by atoms with Crippen molar-refractivity contribution in [3.63, 3.8) is 0 Å². The van der Waals surface area contributed by atoms with Crippen LogP contribution in [0, 0.1) is 0 Å². The minimum atomic E-state index is 0.0828. The Kier molecular flexibility index (Phi) is 4.47. The molecule has 0 atom stereocenters. The van der Waals surface area contributed by atoms with Crippen LogP contribution in [-0.2, 0) is 0 Å². The van der Waals surface area contributed by atoms with E-state index in [2.05, 4.69) is 0 Å². The molecule has 1 fully saturated rings. The molecule has 2 rings (SSSR count). The predicted molar refractivity (Wildman–Crippen MR) is 64.5 cm³/mol. The summed E-state index contributed by atoms with van der Waals surface area (Å²) < 4.78 is 10.2. The van der Waals surface area contributed by atoms with Crippen LogP contribution in [0.5, 0.6) is 17.2 Å². The summed E-state index contributed by atoms with van der Waals surface area (Å²) in [6.45, 7) is 4.00. The number of ether oxygens (including phenoxy) is 2. The van der Waals surface area contributed by atoms with E-state index in [9.17, 15) is 5.11 Å². The van der Waals surface area contributed by atoms with E-state index in [1.165, 1.54) is 18.4 Å². The molecule has 0 aliphatic heterocycles. The molecule has 0 bridgehead atoms. The van der Waals surface area contributed by atoms with E-state index in [1.807, 2.05) is 26.0 Å². The van der Waals surface area contributed by atoms with E-state index in [0.29, 0.717) is 17.4 Å². The second-order valence-electron chi connectivity index (χ2n) is 3.55. The molecule has 1 aliphatic rings. The van der Waals surface area contributed by atoms with Crippen LogP contribution in [0.4, 0.5) is 0 Å². The van der Waals surface area contributed by atoms with Gasteiger partial charge in [0, 0.05) is 0 Å². The van der Waals surface area contributed by atoms with Crippen LogP contribution in [0.25, 0.3) is 0 Å². The van der Waals surface area contributed by atoms with Gasteiger partial charge >= 0.3 is 0 Å². The highest BCUT2D eigenvalue weighted by Crippen LogP contribution is 2.46. The molecule has 3 heteroatoms. The van der Waals surface area contributed by atoms with Crippen molar-refractivity contribution in [3.05, 3.63) is 17.7 Å².